The topological polar surface area (TPSA) is 109 Å². The number of carbonyl (C=O) groups excluding carboxylic acids is 3. The Morgan fingerprint density at radius 3 is 2.16 bits per heavy atom. The number of ether oxygens (including phenoxy) is 1. The molecular formula is C21H15Cl3N4O4. The van der Waals surface area contributed by atoms with Gasteiger partial charge < -0.3 is 20.7 Å². The van der Waals surface area contributed by atoms with Crippen molar-refractivity contribution in [2.45, 2.75) is 0 Å². The summed E-state index contributed by atoms with van der Waals surface area (Å²) >= 11 is 17.8. The van der Waals surface area contributed by atoms with Crippen molar-refractivity contribution >= 4 is 63.9 Å². The lowest BCUT2D eigenvalue weighted by Gasteiger charge is -2.10. The van der Waals surface area contributed by atoms with Crippen LogP contribution in [0.15, 0.2) is 54.7 Å². The minimum atomic E-state index is -0.941. The van der Waals surface area contributed by atoms with Crippen molar-refractivity contribution in [3.63, 3.8) is 0 Å². The number of rotatable bonds is 5. The lowest BCUT2D eigenvalue weighted by atomic mass is 10.3. The molecule has 0 aliphatic carbocycles. The summed E-state index contributed by atoms with van der Waals surface area (Å²) in [6.45, 7) is 0. The van der Waals surface area contributed by atoms with Gasteiger partial charge in [-0.05, 0) is 42.5 Å². The van der Waals surface area contributed by atoms with Crippen molar-refractivity contribution in [3.8, 4) is 11.5 Å². The number of halogens is 3. The van der Waals surface area contributed by atoms with Gasteiger partial charge >= 0.3 is 11.8 Å². The van der Waals surface area contributed by atoms with Gasteiger partial charge in [-0.2, -0.15) is 0 Å². The third kappa shape index (κ3) is 5.88. The van der Waals surface area contributed by atoms with E-state index in [1.807, 2.05) is 0 Å². The van der Waals surface area contributed by atoms with Crippen LogP contribution in [0.25, 0.3) is 0 Å². The molecule has 3 rings (SSSR count). The number of hydrogen-bond donors (Lipinski definition) is 3. The zero-order valence-electron chi connectivity index (χ0n) is 16.4. The van der Waals surface area contributed by atoms with Gasteiger partial charge in [0.1, 0.15) is 17.2 Å². The molecule has 0 atom stereocenters. The summed E-state index contributed by atoms with van der Waals surface area (Å²) in [4.78, 5) is 40.0. The SMILES string of the molecule is CNC(=O)c1cc(Oc2ccc(NC(=O)C(=O)Nc3cc(Cl)c(Cl)cc3Cl)cc2)ccn1. The average molecular weight is 494 g/mol. The Kier molecular flexibility index (Phi) is 7.53. The standard InChI is InChI=1S/C21H15Cl3N4O4/c1-25-19(29)18-8-13(6-7-26-18)32-12-4-2-11(3-5-12)27-20(30)21(31)28-17-10-15(23)14(22)9-16(17)24/h2-10H,1H3,(H,25,29)(H,27,30)(H,28,31). The van der Waals surface area contributed by atoms with Crippen LogP contribution < -0.4 is 20.7 Å². The molecule has 8 nitrogen and oxygen atoms in total. The molecule has 3 amide bonds. The first-order valence-electron chi connectivity index (χ1n) is 8.99. The van der Waals surface area contributed by atoms with Crippen LogP contribution in [0.1, 0.15) is 10.5 Å². The second-order valence-electron chi connectivity index (χ2n) is 6.24. The summed E-state index contributed by atoms with van der Waals surface area (Å²) in [6.07, 6.45) is 1.45. The largest absolute Gasteiger partial charge is 0.457 e. The highest BCUT2D eigenvalue weighted by Crippen LogP contribution is 2.32. The molecule has 0 aliphatic rings. The van der Waals surface area contributed by atoms with Crippen molar-refractivity contribution in [3.05, 3.63) is 75.5 Å². The maximum atomic E-state index is 12.2. The van der Waals surface area contributed by atoms with Crippen molar-refractivity contribution in [1.29, 1.82) is 0 Å². The smallest absolute Gasteiger partial charge is 0.314 e. The molecule has 0 spiro atoms. The van der Waals surface area contributed by atoms with E-state index in [4.69, 9.17) is 39.5 Å². The van der Waals surface area contributed by atoms with Gasteiger partial charge in [-0.15, -0.1) is 0 Å². The van der Waals surface area contributed by atoms with E-state index in [-0.39, 0.29) is 32.4 Å². The van der Waals surface area contributed by atoms with E-state index in [1.165, 1.54) is 31.4 Å². The van der Waals surface area contributed by atoms with Gasteiger partial charge in [0.15, 0.2) is 0 Å². The normalized spacial score (nSPS) is 10.2. The number of aromatic nitrogens is 1. The number of anilines is 2. The Labute approximate surface area is 197 Å². The number of pyridine rings is 1. The molecule has 0 radical (unpaired) electrons. The van der Waals surface area contributed by atoms with Gasteiger partial charge in [0.05, 0.1) is 20.8 Å². The fourth-order valence-electron chi connectivity index (χ4n) is 2.45. The molecule has 1 heterocycles. The summed E-state index contributed by atoms with van der Waals surface area (Å²) in [5, 5.41) is 7.85. The number of nitrogens with zero attached hydrogens (tertiary/aromatic N) is 1. The highest BCUT2D eigenvalue weighted by molar-refractivity contribution is 6.46. The van der Waals surface area contributed by atoms with Crippen LogP contribution in [-0.2, 0) is 9.59 Å². The molecule has 2 aromatic carbocycles. The zero-order valence-corrected chi connectivity index (χ0v) is 18.7. The molecule has 0 bridgehead atoms. The Bertz CT molecular complexity index is 1190. The molecule has 0 saturated carbocycles. The molecule has 3 aromatic rings. The summed E-state index contributed by atoms with van der Waals surface area (Å²) in [5.74, 6) is -1.33. The van der Waals surface area contributed by atoms with E-state index >= 15 is 0 Å². The number of hydrogen-bond acceptors (Lipinski definition) is 5. The van der Waals surface area contributed by atoms with Crippen LogP contribution in [0.5, 0.6) is 11.5 Å². The van der Waals surface area contributed by atoms with Crippen LogP contribution in [0.3, 0.4) is 0 Å². The molecule has 1 aromatic heterocycles. The molecule has 0 aliphatic heterocycles. The van der Waals surface area contributed by atoms with Crippen LogP contribution in [0, 0.1) is 0 Å². The lowest BCUT2D eigenvalue weighted by molar-refractivity contribution is -0.132. The van der Waals surface area contributed by atoms with Crippen LogP contribution in [0.2, 0.25) is 15.1 Å². The zero-order chi connectivity index (χ0) is 23.3. The Morgan fingerprint density at radius 2 is 1.47 bits per heavy atom. The molecule has 164 valence electrons. The molecule has 32 heavy (non-hydrogen) atoms. The quantitative estimate of drug-likeness (QED) is 0.350. The van der Waals surface area contributed by atoms with Crippen LogP contribution in [-0.4, -0.2) is 29.8 Å². The van der Waals surface area contributed by atoms with Crippen molar-refractivity contribution < 1.29 is 19.1 Å². The number of carbonyl (C=O) groups is 3. The molecule has 3 N–H and O–H groups in total. The lowest BCUT2D eigenvalue weighted by Crippen LogP contribution is -2.29. The first kappa shape index (κ1) is 23.3. The molecule has 0 unspecified atom stereocenters. The average Bonchev–Trinajstić information content (AvgIpc) is 2.78. The van der Waals surface area contributed by atoms with E-state index < -0.39 is 11.8 Å². The van der Waals surface area contributed by atoms with E-state index in [9.17, 15) is 14.4 Å². The maximum Gasteiger partial charge on any atom is 0.314 e. The van der Waals surface area contributed by atoms with Gasteiger partial charge in [-0.1, -0.05) is 34.8 Å². The van der Waals surface area contributed by atoms with Gasteiger partial charge in [-0.25, -0.2) is 0 Å². The van der Waals surface area contributed by atoms with Crippen LogP contribution >= 0.6 is 34.8 Å². The first-order valence-corrected chi connectivity index (χ1v) is 10.1. The van der Waals surface area contributed by atoms with Gasteiger partial charge in [-0.3, -0.25) is 19.4 Å². The summed E-state index contributed by atoms with van der Waals surface area (Å²) in [5.41, 5.74) is 0.721. The summed E-state index contributed by atoms with van der Waals surface area (Å²) < 4.78 is 5.68. The Balaban J connectivity index is 1.62. The third-order valence-corrected chi connectivity index (χ3v) is 5.04. The second-order valence-corrected chi connectivity index (χ2v) is 7.46. The van der Waals surface area contributed by atoms with E-state index in [2.05, 4.69) is 20.9 Å². The first-order chi connectivity index (χ1) is 15.3. The fourth-order valence-corrected chi connectivity index (χ4v) is 3.05. The molecule has 11 heteroatoms. The monoisotopic (exact) mass is 492 g/mol. The summed E-state index contributed by atoms with van der Waals surface area (Å²) in [7, 11) is 1.50. The minimum Gasteiger partial charge on any atom is -0.457 e. The van der Waals surface area contributed by atoms with Crippen LogP contribution in [0.4, 0.5) is 11.4 Å². The summed E-state index contributed by atoms with van der Waals surface area (Å²) in [6, 6.07) is 12.1. The minimum absolute atomic E-state index is 0.137. The predicted molar refractivity (Wildman–Crippen MR) is 123 cm³/mol. The number of benzene rings is 2. The predicted octanol–water partition coefficient (Wildman–Crippen LogP) is 4.77. The van der Waals surface area contributed by atoms with Crippen molar-refractivity contribution in [2.24, 2.45) is 0 Å². The third-order valence-electron chi connectivity index (χ3n) is 4.00. The second kappa shape index (κ2) is 10.3. The number of nitrogens with one attached hydrogen (secondary N) is 3. The van der Waals surface area contributed by atoms with E-state index in [1.54, 1.807) is 30.3 Å². The van der Waals surface area contributed by atoms with Gasteiger partial charge in [0, 0.05) is 25.0 Å². The Morgan fingerprint density at radius 1 is 0.812 bits per heavy atom. The highest BCUT2D eigenvalue weighted by atomic mass is 35.5. The molecule has 0 saturated heterocycles. The van der Waals surface area contributed by atoms with Crippen molar-refractivity contribution in [2.75, 3.05) is 17.7 Å². The Hall–Kier alpha value is -3.33. The van der Waals surface area contributed by atoms with Crippen molar-refractivity contribution in [1.82, 2.24) is 10.3 Å². The highest BCUT2D eigenvalue weighted by Gasteiger charge is 2.17. The molecule has 0 fully saturated rings. The van der Waals surface area contributed by atoms with Gasteiger partial charge in [0.25, 0.3) is 5.91 Å². The fraction of sp³-hybridized carbons (Fsp3) is 0.0476. The number of amides is 3. The van der Waals surface area contributed by atoms with E-state index in [0.717, 1.165) is 0 Å². The molecular weight excluding hydrogens is 479 g/mol. The van der Waals surface area contributed by atoms with E-state index in [0.29, 0.717) is 17.2 Å². The van der Waals surface area contributed by atoms with Gasteiger partial charge in [0.2, 0.25) is 0 Å². The maximum absolute atomic E-state index is 12.2.